The summed E-state index contributed by atoms with van der Waals surface area (Å²) in [5, 5.41) is 9.46. The number of aromatic nitrogens is 3. The van der Waals surface area contributed by atoms with Crippen molar-refractivity contribution >= 4 is 54.3 Å². The number of furan rings is 1. The van der Waals surface area contributed by atoms with Gasteiger partial charge in [-0.1, -0.05) is 133 Å². The first-order valence-corrected chi connectivity index (χ1v) is 16.4. The number of nitrogens with zero attached hydrogens (tertiary/aromatic N) is 3. The van der Waals surface area contributed by atoms with Crippen molar-refractivity contribution < 1.29 is 4.42 Å². The highest BCUT2D eigenvalue weighted by Crippen LogP contribution is 2.38. The Morgan fingerprint density at radius 2 is 0.714 bits per heavy atom. The maximum absolute atomic E-state index is 6.39. The van der Waals surface area contributed by atoms with Crippen LogP contribution >= 0.6 is 0 Å². The maximum Gasteiger partial charge on any atom is 0.164 e. The molecule has 0 atom stereocenters. The van der Waals surface area contributed by atoms with Crippen molar-refractivity contribution in [2.24, 2.45) is 0 Å². The molecule has 0 saturated carbocycles. The van der Waals surface area contributed by atoms with Crippen LogP contribution in [-0.2, 0) is 0 Å². The van der Waals surface area contributed by atoms with Gasteiger partial charge < -0.3 is 4.42 Å². The lowest BCUT2D eigenvalue weighted by atomic mass is 9.93. The predicted molar refractivity (Wildman–Crippen MR) is 201 cm³/mol. The third-order valence-electron chi connectivity index (χ3n) is 9.51. The zero-order valence-corrected chi connectivity index (χ0v) is 26.3. The van der Waals surface area contributed by atoms with Crippen LogP contribution in [0.5, 0.6) is 0 Å². The van der Waals surface area contributed by atoms with E-state index in [0.717, 1.165) is 44.2 Å². The fourth-order valence-electron chi connectivity index (χ4n) is 7.12. The topological polar surface area (TPSA) is 51.8 Å². The molecule has 0 aliphatic heterocycles. The second kappa shape index (κ2) is 11.0. The summed E-state index contributed by atoms with van der Waals surface area (Å²) < 4.78 is 6.39. The Hall–Kier alpha value is -6.65. The summed E-state index contributed by atoms with van der Waals surface area (Å²) in [7, 11) is 0. The highest BCUT2D eigenvalue weighted by atomic mass is 16.3. The minimum Gasteiger partial charge on any atom is -0.456 e. The molecular formula is C45H27N3O. The zero-order chi connectivity index (χ0) is 32.3. The lowest BCUT2D eigenvalue weighted by molar-refractivity contribution is 0.669. The SMILES string of the molecule is c1ccc(-c2ccc3oc4cc(-c5nc(-c6ccccc6)nc(-c6ccc7c8ccccc8c8ccccc8c7c6)n5)ccc4c3c2)cc1. The van der Waals surface area contributed by atoms with Gasteiger partial charge in [0.25, 0.3) is 0 Å². The quantitative estimate of drug-likeness (QED) is 0.183. The van der Waals surface area contributed by atoms with Gasteiger partial charge >= 0.3 is 0 Å². The number of rotatable bonds is 4. The van der Waals surface area contributed by atoms with Crippen molar-refractivity contribution in [3.05, 3.63) is 164 Å². The molecule has 10 rings (SSSR count). The Kier molecular flexibility index (Phi) is 6.15. The normalized spacial score (nSPS) is 11.7. The highest BCUT2D eigenvalue weighted by molar-refractivity contribution is 6.25. The number of benzene rings is 8. The van der Waals surface area contributed by atoms with Crippen molar-refractivity contribution in [1.82, 2.24) is 15.0 Å². The molecule has 0 fully saturated rings. The summed E-state index contributed by atoms with van der Waals surface area (Å²) in [4.78, 5) is 15.1. The van der Waals surface area contributed by atoms with Gasteiger partial charge in [0.1, 0.15) is 11.2 Å². The van der Waals surface area contributed by atoms with Gasteiger partial charge in [0.05, 0.1) is 0 Å². The van der Waals surface area contributed by atoms with E-state index in [-0.39, 0.29) is 0 Å². The van der Waals surface area contributed by atoms with Crippen LogP contribution in [0.15, 0.2) is 168 Å². The molecule has 0 unspecified atom stereocenters. The maximum atomic E-state index is 6.39. The van der Waals surface area contributed by atoms with E-state index in [1.54, 1.807) is 0 Å². The molecule has 10 aromatic rings. The average molecular weight is 626 g/mol. The van der Waals surface area contributed by atoms with Gasteiger partial charge in [-0.15, -0.1) is 0 Å². The molecule has 2 aromatic heterocycles. The van der Waals surface area contributed by atoms with Crippen LogP contribution in [0.4, 0.5) is 0 Å². The van der Waals surface area contributed by atoms with Crippen molar-refractivity contribution in [2.45, 2.75) is 0 Å². The Balaban J connectivity index is 1.15. The van der Waals surface area contributed by atoms with E-state index >= 15 is 0 Å². The summed E-state index contributed by atoms with van der Waals surface area (Å²) in [5.74, 6) is 1.85. The van der Waals surface area contributed by atoms with E-state index in [1.807, 2.05) is 42.5 Å². The molecule has 0 amide bonds. The molecule has 0 aliphatic rings. The summed E-state index contributed by atoms with van der Waals surface area (Å²) in [6.07, 6.45) is 0. The Morgan fingerprint density at radius 1 is 0.265 bits per heavy atom. The van der Waals surface area contributed by atoms with Gasteiger partial charge in [-0.05, 0) is 73.8 Å². The molecule has 228 valence electrons. The van der Waals surface area contributed by atoms with Gasteiger partial charge in [-0.25, -0.2) is 15.0 Å². The van der Waals surface area contributed by atoms with E-state index in [0.29, 0.717) is 17.5 Å². The number of fused-ring (bicyclic) bond motifs is 9. The van der Waals surface area contributed by atoms with Gasteiger partial charge in [0.15, 0.2) is 17.5 Å². The first-order valence-electron chi connectivity index (χ1n) is 16.4. The molecular weight excluding hydrogens is 599 g/mol. The lowest BCUT2D eigenvalue weighted by Crippen LogP contribution is -2.00. The molecule has 0 N–H and O–H groups in total. The van der Waals surface area contributed by atoms with Crippen LogP contribution in [0.25, 0.3) is 99.5 Å². The highest BCUT2D eigenvalue weighted by Gasteiger charge is 2.16. The predicted octanol–water partition coefficient (Wildman–Crippen LogP) is 11.9. The van der Waals surface area contributed by atoms with Gasteiger partial charge in [-0.3, -0.25) is 0 Å². The monoisotopic (exact) mass is 625 g/mol. The molecule has 0 spiro atoms. The fraction of sp³-hybridized carbons (Fsp3) is 0. The van der Waals surface area contributed by atoms with E-state index in [4.69, 9.17) is 19.4 Å². The Bertz CT molecular complexity index is 2840. The lowest BCUT2D eigenvalue weighted by Gasteiger charge is -2.12. The van der Waals surface area contributed by atoms with Crippen LogP contribution in [0.3, 0.4) is 0 Å². The van der Waals surface area contributed by atoms with Crippen molar-refractivity contribution in [3.63, 3.8) is 0 Å². The first kappa shape index (κ1) is 27.5. The molecule has 2 heterocycles. The third-order valence-corrected chi connectivity index (χ3v) is 9.51. The van der Waals surface area contributed by atoms with Crippen molar-refractivity contribution in [2.75, 3.05) is 0 Å². The molecule has 0 bridgehead atoms. The Morgan fingerprint density at radius 3 is 1.35 bits per heavy atom. The molecule has 8 aromatic carbocycles. The first-order chi connectivity index (χ1) is 24.3. The zero-order valence-electron chi connectivity index (χ0n) is 26.3. The van der Waals surface area contributed by atoms with E-state index in [2.05, 4.69) is 121 Å². The second-order valence-corrected chi connectivity index (χ2v) is 12.4. The third kappa shape index (κ3) is 4.57. The van der Waals surface area contributed by atoms with E-state index in [9.17, 15) is 0 Å². The fourth-order valence-corrected chi connectivity index (χ4v) is 7.12. The standard InChI is InChI=1S/C45H27N3O/c1-3-11-28(12-4-1)30-21-24-41-40(25-30)38-23-20-32(27-42(38)49-41)45-47-43(29-13-5-2-6-14-29)46-44(48-45)31-19-22-37-35-17-8-7-15-33(35)34-16-9-10-18-36(34)39(37)26-31/h1-27H. The van der Waals surface area contributed by atoms with Gasteiger partial charge in [0, 0.05) is 27.5 Å². The molecule has 0 saturated heterocycles. The number of hydrogen-bond donors (Lipinski definition) is 0. The van der Waals surface area contributed by atoms with Crippen LogP contribution in [0.1, 0.15) is 0 Å². The summed E-state index contributed by atoms with van der Waals surface area (Å²) >= 11 is 0. The van der Waals surface area contributed by atoms with Crippen LogP contribution in [-0.4, -0.2) is 15.0 Å². The van der Waals surface area contributed by atoms with Gasteiger partial charge in [-0.2, -0.15) is 0 Å². The smallest absolute Gasteiger partial charge is 0.164 e. The van der Waals surface area contributed by atoms with E-state index < -0.39 is 0 Å². The minimum atomic E-state index is 0.597. The molecule has 4 heteroatoms. The van der Waals surface area contributed by atoms with Crippen LogP contribution in [0.2, 0.25) is 0 Å². The summed E-state index contributed by atoms with van der Waals surface area (Å²) in [6, 6.07) is 56.9. The molecule has 4 nitrogen and oxygen atoms in total. The van der Waals surface area contributed by atoms with Crippen molar-refractivity contribution in [3.8, 4) is 45.3 Å². The average Bonchev–Trinajstić information content (AvgIpc) is 3.55. The minimum absolute atomic E-state index is 0.597. The van der Waals surface area contributed by atoms with Crippen LogP contribution < -0.4 is 0 Å². The van der Waals surface area contributed by atoms with E-state index in [1.165, 1.54) is 37.9 Å². The summed E-state index contributed by atoms with van der Waals surface area (Å²) in [5.41, 5.74) is 6.72. The Labute approximate surface area is 282 Å². The second-order valence-electron chi connectivity index (χ2n) is 12.4. The summed E-state index contributed by atoms with van der Waals surface area (Å²) in [6.45, 7) is 0. The van der Waals surface area contributed by atoms with Crippen LogP contribution in [0, 0.1) is 0 Å². The molecule has 0 radical (unpaired) electrons. The molecule has 49 heavy (non-hydrogen) atoms. The van der Waals surface area contributed by atoms with Gasteiger partial charge in [0.2, 0.25) is 0 Å². The largest absolute Gasteiger partial charge is 0.456 e. The molecule has 0 aliphatic carbocycles. The number of hydrogen-bond acceptors (Lipinski definition) is 4. The van der Waals surface area contributed by atoms with Crippen molar-refractivity contribution in [1.29, 1.82) is 0 Å².